The molecule has 0 aromatic carbocycles. The van der Waals surface area contributed by atoms with E-state index in [0.29, 0.717) is 13.0 Å². The minimum Gasteiger partial charge on any atom is -0.457 e. The molecule has 1 saturated heterocycles. The van der Waals surface area contributed by atoms with Crippen LogP contribution in [0.25, 0.3) is 0 Å². The molecule has 1 heterocycles. The maximum atomic E-state index is 12.8. The van der Waals surface area contributed by atoms with Gasteiger partial charge in [0, 0.05) is 13.0 Å². The first kappa shape index (κ1) is 58.9. The van der Waals surface area contributed by atoms with Crippen LogP contribution in [-0.2, 0) is 38.3 Å². The maximum absolute atomic E-state index is 12.8. The molecule has 0 spiro atoms. The minimum atomic E-state index is -5.06. The summed E-state index contributed by atoms with van der Waals surface area (Å²) in [5.74, 6) is -0.406. The number of carbonyl (C=O) groups is 1. The monoisotopic (exact) mass is 907 g/mol. The second-order valence-corrected chi connectivity index (χ2v) is 18.8. The fraction of sp³-hybridized carbons (Fsp3) is 0.939. The van der Waals surface area contributed by atoms with E-state index in [1.54, 1.807) is 0 Å². The number of carbonyl (C=O) groups excluding carboxylic acids is 1. The van der Waals surface area contributed by atoms with Crippen molar-refractivity contribution in [3.63, 3.8) is 0 Å². The zero-order valence-corrected chi connectivity index (χ0v) is 40.3. The first-order chi connectivity index (χ1) is 30.1. The van der Waals surface area contributed by atoms with Gasteiger partial charge in [-0.05, 0) is 32.1 Å². The number of aliphatic hydroxyl groups excluding tert-OH is 3. The van der Waals surface area contributed by atoms with E-state index in [1.807, 2.05) is 0 Å². The molecule has 4 N–H and O–H groups in total. The largest absolute Gasteiger partial charge is 0.457 e. The van der Waals surface area contributed by atoms with Crippen LogP contribution in [0.1, 0.15) is 232 Å². The molecular weight excluding hydrogens is 813 g/mol. The van der Waals surface area contributed by atoms with Gasteiger partial charge in [0.25, 0.3) is 0 Å². The van der Waals surface area contributed by atoms with Crippen molar-refractivity contribution in [1.82, 2.24) is 0 Å². The van der Waals surface area contributed by atoms with Gasteiger partial charge in [-0.3, -0.25) is 9.35 Å². The fourth-order valence-electron chi connectivity index (χ4n) is 8.03. The molecule has 6 atom stereocenters. The third-order valence-corrected chi connectivity index (χ3v) is 12.3. The Bertz CT molecular complexity index is 1140. The van der Waals surface area contributed by atoms with Crippen LogP contribution >= 0.6 is 0 Å². The van der Waals surface area contributed by atoms with Gasteiger partial charge in [-0.25, -0.2) is 4.18 Å². The zero-order chi connectivity index (χ0) is 45.4. The number of esters is 1. The van der Waals surface area contributed by atoms with Crippen LogP contribution < -0.4 is 0 Å². The molecule has 1 aliphatic rings. The lowest BCUT2D eigenvalue weighted by Crippen LogP contribution is -2.60. The summed E-state index contributed by atoms with van der Waals surface area (Å²) in [5.41, 5.74) is 0. The zero-order valence-electron chi connectivity index (χ0n) is 39.5. The first-order valence-electron chi connectivity index (χ1n) is 25.4. The lowest BCUT2D eigenvalue weighted by atomic mass is 9.99. The quantitative estimate of drug-likeness (QED) is 0.0197. The Hall–Kier alpha value is -1.16. The minimum absolute atomic E-state index is 0.0382. The summed E-state index contributed by atoms with van der Waals surface area (Å²) in [6.45, 7) is 3.95. The number of unbranched alkanes of at least 4 members (excludes halogenated alkanes) is 30. The van der Waals surface area contributed by atoms with E-state index in [1.165, 1.54) is 141 Å². The number of allylic oxidation sites excluding steroid dienone is 2. The maximum Gasteiger partial charge on any atom is 0.397 e. The van der Waals surface area contributed by atoms with Crippen LogP contribution in [-0.4, -0.2) is 97.5 Å². The Morgan fingerprint density at radius 3 is 1.52 bits per heavy atom. The molecule has 0 aliphatic carbocycles. The molecule has 0 aromatic heterocycles. The van der Waals surface area contributed by atoms with Crippen LogP contribution in [0.2, 0.25) is 0 Å². The Kier molecular flexibility index (Phi) is 39.2. The van der Waals surface area contributed by atoms with Crippen molar-refractivity contribution in [3.05, 3.63) is 12.2 Å². The Labute approximate surface area is 379 Å². The van der Waals surface area contributed by atoms with Gasteiger partial charge in [0.1, 0.15) is 30.5 Å². The predicted molar refractivity (Wildman–Crippen MR) is 248 cm³/mol. The summed E-state index contributed by atoms with van der Waals surface area (Å²) in [4.78, 5) is 12.8. The Morgan fingerprint density at radius 1 is 0.597 bits per heavy atom. The van der Waals surface area contributed by atoms with Crippen LogP contribution in [0.4, 0.5) is 0 Å². The van der Waals surface area contributed by atoms with Crippen LogP contribution in [0, 0.1) is 0 Å². The van der Waals surface area contributed by atoms with Gasteiger partial charge in [0.05, 0.1) is 19.8 Å². The molecule has 6 unspecified atom stereocenters. The molecule has 1 rings (SSSR count). The smallest absolute Gasteiger partial charge is 0.397 e. The molecule has 0 bridgehead atoms. The molecule has 12 nitrogen and oxygen atoms in total. The van der Waals surface area contributed by atoms with E-state index in [2.05, 4.69) is 30.2 Å². The van der Waals surface area contributed by atoms with E-state index < -0.39 is 59.8 Å². The highest BCUT2D eigenvalue weighted by Gasteiger charge is 2.48. The highest BCUT2D eigenvalue weighted by Crippen LogP contribution is 2.26. The molecule has 13 heteroatoms. The van der Waals surface area contributed by atoms with E-state index >= 15 is 0 Å². The van der Waals surface area contributed by atoms with Crippen molar-refractivity contribution >= 4 is 16.4 Å². The van der Waals surface area contributed by atoms with E-state index in [4.69, 9.17) is 23.5 Å². The number of hydrogen-bond acceptors (Lipinski definition) is 11. The second kappa shape index (κ2) is 41.3. The summed E-state index contributed by atoms with van der Waals surface area (Å²) in [7, 11) is -5.06. The van der Waals surface area contributed by atoms with Crippen LogP contribution in [0.15, 0.2) is 12.2 Å². The number of hydrogen-bond donors (Lipinski definition) is 4. The van der Waals surface area contributed by atoms with E-state index in [-0.39, 0.29) is 19.6 Å². The van der Waals surface area contributed by atoms with Crippen molar-refractivity contribution in [2.24, 2.45) is 0 Å². The van der Waals surface area contributed by atoms with Crippen molar-refractivity contribution in [1.29, 1.82) is 0 Å². The molecular formula is C49H94O12S. The molecule has 0 amide bonds. The van der Waals surface area contributed by atoms with Gasteiger partial charge in [-0.2, -0.15) is 8.42 Å². The van der Waals surface area contributed by atoms with Crippen molar-refractivity contribution in [2.75, 3.05) is 26.4 Å². The third-order valence-electron chi connectivity index (χ3n) is 11.9. The average Bonchev–Trinajstić information content (AvgIpc) is 3.24. The first-order valence-corrected chi connectivity index (χ1v) is 26.8. The molecule has 0 aromatic rings. The molecule has 368 valence electrons. The van der Waals surface area contributed by atoms with Gasteiger partial charge >= 0.3 is 16.4 Å². The molecule has 62 heavy (non-hydrogen) atoms. The van der Waals surface area contributed by atoms with Crippen molar-refractivity contribution < 1.29 is 56.2 Å². The van der Waals surface area contributed by atoms with Crippen LogP contribution in [0.5, 0.6) is 0 Å². The Morgan fingerprint density at radius 2 is 1.05 bits per heavy atom. The fourth-order valence-corrected chi connectivity index (χ4v) is 8.54. The van der Waals surface area contributed by atoms with Gasteiger partial charge in [-0.1, -0.05) is 206 Å². The summed E-state index contributed by atoms with van der Waals surface area (Å²) >= 11 is 0. The molecule has 1 aliphatic heterocycles. The standard InChI is InChI=1S/C49H94O12S/c1-3-5-7-9-11-13-15-16-17-18-19-20-21-22-23-24-25-26-27-28-29-31-33-35-37-39-57-41-43(59-45(51)38-36-34-32-30-14-12-10-8-6-4-2)42-58-49-47(53)48(61-62(54,55)56)46(52)44(40-50)60-49/h8,10,43-44,46-50,52-53H,3-7,9,11-42H2,1-2H3,(H,54,55,56)/b10-8-. The lowest BCUT2D eigenvalue weighted by molar-refractivity contribution is -0.301. The highest BCUT2D eigenvalue weighted by molar-refractivity contribution is 7.80. The molecule has 0 radical (unpaired) electrons. The van der Waals surface area contributed by atoms with Gasteiger partial charge < -0.3 is 34.3 Å². The second-order valence-electron chi connectivity index (χ2n) is 17.8. The van der Waals surface area contributed by atoms with E-state index in [9.17, 15) is 28.5 Å². The average molecular weight is 907 g/mol. The number of rotatable bonds is 45. The normalized spacial score (nSPS) is 20.0. The predicted octanol–water partition coefficient (Wildman–Crippen LogP) is 11.4. The van der Waals surface area contributed by atoms with Gasteiger partial charge in [0.2, 0.25) is 0 Å². The Balaban J connectivity index is 2.25. The topological polar surface area (TPSA) is 178 Å². The van der Waals surface area contributed by atoms with Crippen molar-refractivity contribution in [2.45, 2.75) is 269 Å². The summed E-state index contributed by atoms with van der Waals surface area (Å²) in [6.07, 6.45) is 37.1. The van der Waals surface area contributed by atoms with Gasteiger partial charge in [0.15, 0.2) is 6.29 Å². The van der Waals surface area contributed by atoms with Crippen molar-refractivity contribution in [3.8, 4) is 0 Å². The molecule has 1 fully saturated rings. The summed E-state index contributed by atoms with van der Waals surface area (Å²) in [5, 5.41) is 30.7. The van der Waals surface area contributed by atoms with Gasteiger partial charge in [-0.15, -0.1) is 0 Å². The lowest BCUT2D eigenvalue weighted by Gasteiger charge is -2.41. The molecule has 0 saturated carbocycles. The number of aliphatic hydroxyl groups is 3. The highest BCUT2D eigenvalue weighted by atomic mass is 32.3. The van der Waals surface area contributed by atoms with E-state index in [0.717, 1.165) is 64.2 Å². The SMILES string of the molecule is CCC/C=C\CCCCCCCC(=O)OC(COCCCCCCCCCCCCCCCCCCCCCCCCCCC)COC1OC(CO)C(O)C(OS(=O)(=O)O)C1O. The third kappa shape index (κ3) is 34.2. The number of ether oxygens (including phenoxy) is 4. The summed E-state index contributed by atoms with van der Waals surface area (Å²) in [6, 6.07) is 0. The van der Waals surface area contributed by atoms with Crippen LogP contribution in [0.3, 0.4) is 0 Å². The summed E-state index contributed by atoms with van der Waals surface area (Å²) < 4.78 is 59.1.